The number of amides is 1. The van der Waals surface area contributed by atoms with Crippen LogP contribution in [0.4, 0.5) is 0 Å². The highest BCUT2D eigenvalue weighted by Crippen LogP contribution is 2.16. The molecule has 3 aromatic carbocycles. The first-order chi connectivity index (χ1) is 16.0. The Bertz CT molecular complexity index is 1330. The first-order valence-corrected chi connectivity index (χ1v) is 10.3. The highest BCUT2D eigenvalue weighted by atomic mass is 16.5. The smallest absolute Gasteiger partial charge is 0.326 e. The largest absolute Gasteiger partial charge is 0.489 e. The molecule has 0 bridgehead atoms. The van der Waals surface area contributed by atoms with Gasteiger partial charge >= 0.3 is 5.97 Å². The molecule has 0 saturated carbocycles. The van der Waals surface area contributed by atoms with Gasteiger partial charge in [0, 0.05) is 6.42 Å². The summed E-state index contributed by atoms with van der Waals surface area (Å²) in [5.41, 5.74) is 1.32. The molecule has 1 heterocycles. The minimum Gasteiger partial charge on any atom is -0.489 e. The molecule has 7 nitrogen and oxygen atoms in total. The number of fused-ring (bicyclic) bond motifs is 1. The highest BCUT2D eigenvalue weighted by molar-refractivity contribution is 5.98. The Kier molecular flexibility index (Phi) is 6.50. The summed E-state index contributed by atoms with van der Waals surface area (Å²) >= 11 is 0. The normalized spacial score (nSPS) is 11.6. The predicted molar refractivity (Wildman–Crippen MR) is 122 cm³/mol. The topological polar surface area (TPSA) is 106 Å². The molecule has 0 aliphatic heterocycles. The number of para-hydroxylation sites is 1. The lowest BCUT2D eigenvalue weighted by Gasteiger charge is -2.15. The van der Waals surface area contributed by atoms with E-state index < -0.39 is 23.3 Å². The van der Waals surface area contributed by atoms with Crippen LogP contribution in [-0.2, 0) is 17.8 Å². The molecule has 1 aromatic heterocycles. The molecule has 4 aromatic rings. The van der Waals surface area contributed by atoms with E-state index >= 15 is 0 Å². The molecule has 1 atom stereocenters. The minimum absolute atomic E-state index is 0.0406. The van der Waals surface area contributed by atoms with E-state index in [4.69, 9.17) is 9.15 Å². The Morgan fingerprint density at radius 3 is 2.33 bits per heavy atom. The SMILES string of the molecule is O=C(N[C@@H](Cc1ccc(OCc2ccccc2)cc1)C(=O)O)c1coc2ccccc2c1=O. The van der Waals surface area contributed by atoms with Gasteiger partial charge in [0.1, 0.15) is 35.8 Å². The van der Waals surface area contributed by atoms with Crippen LogP contribution >= 0.6 is 0 Å². The molecule has 0 aliphatic carbocycles. The summed E-state index contributed by atoms with van der Waals surface area (Å²) in [6, 6.07) is 22.0. The summed E-state index contributed by atoms with van der Waals surface area (Å²) in [6.45, 7) is 0.419. The second kappa shape index (κ2) is 9.82. The minimum atomic E-state index is -1.22. The second-order valence-corrected chi connectivity index (χ2v) is 7.46. The van der Waals surface area contributed by atoms with Gasteiger partial charge in [-0.2, -0.15) is 0 Å². The molecule has 0 spiro atoms. The van der Waals surface area contributed by atoms with Crippen molar-refractivity contribution >= 4 is 22.8 Å². The van der Waals surface area contributed by atoms with Crippen LogP contribution in [0, 0.1) is 0 Å². The van der Waals surface area contributed by atoms with Gasteiger partial charge in [0.15, 0.2) is 0 Å². The van der Waals surface area contributed by atoms with E-state index in [0.717, 1.165) is 11.8 Å². The quantitative estimate of drug-likeness (QED) is 0.429. The molecule has 0 aliphatic rings. The summed E-state index contributed by atoms with van der Waals surface area (Å²) in [5, 5.41) is 12.3. The third kappa shape index (κ3) is 5.27. The molecule has 2 N–H and O–H groups in total. The number of carbonyl (C=O) groups is 2. The van der Waals surface area contributed by atoms with Crippen molar-refractivity contribution in [2.24, 2.45) is 0 Å². The standard InChI is InChI=1S/C26H21NO6/c28-24-20-8-4-5-9-23(20)33-16-21(24)25(29)27-22(26(30)31)14-17-10-12-19(13-11-17)32-15-18-6-2-1-3-7-18/h1-13,16,22H,14-15H2,(H,27,29)(H,30,31)/t22-/m0/s1. The molecular formula is C26H21NO6. The molecule has 0 fully saturated rings. The van der Waals surface area contributed by atoms with Crippen LogP contribution in [0.2, 0.25) is 0 Å². The van der Waals surface area contributed by atoms with E-state index in [0.29, 0.717) is 23.5 Å². The second-order valence-electron chi connectivity index (χ2n) is 7.46. The molecular weight excluding hydrogens is 422 g/mol. The fraction of sp³-hybridized carbons (Fsp3) is 0.115. The van der Waals surface area contributed by atoms with E-state index in [1.54, 1.807) is 48.5 Å². The fourth-order valence-corrected chi connectivity index (χ4v) is 3.37. The lowest BCUT2D eigenvalue weighted by molar-refractivity contribution is -0.139. The van der Waals surface area contributed by atoms with Crippen LogP contribution in [0.25, 0.3) is 11.0 Å². The van der Waals surface area contributed by atoms with Gasteiger partial charge in [0.25, 0.3) is 5.91 Å². The number of carbonyl (C=O) groups excluding carboxylic acids is 1. The van der Waals surface area contributed by atoms with Crippen molar-refractivity contribution in [3.05, 3.63) is 112 Å². The van der Waals surface area contributed by atoms with Gasteiger partial charge in [-0.15, -0.1) is 0 Å². The first kappa shape index (κ1) is 21.8. The molecule has 33 heavy (non-hydrogen) atoms. The number of rotatable bonds is 8. The van der Waals surface area contributed by atoms with Crippen LogP contribution in [0.15, 0.2) is 94.3 Å². The maximum atomic E-state index is 12.6. The summed E-state index contributed by atoms with van der Waals surface area (Å²) < 4.78 is 11.1. The van der Waals surface area contributed by atoms with Crippen LogP contribution in [0.3, 0.4) is 0 Å². The van der Waals surface area contributed by atoms with Crippen molar-refractivity contribution < 1.29 is 23.8 Å². The average Bonchev–Trinajstić information content (AvgIpc) is 2.84. The first-order valence-electron chi connectivity index (χ1n) is 10.3. The van der Waals surface area contributed by atoms with Crippen LogP contribution in [-0.4, -0.2) is 23.0 Å². The zero-order valence-corrected chi connectivity index (χ0v) is 17.6. The Balaban J connectivity index is 1.43. The maximum absolute atomic E-state index is 12.6. The third-order valence-corrected chi connectivity index (χ3v) is 5.14. The van der Waals surface area contributed by atoms with Crippen molar-refractivity contribution in [3.63, 3.8) is 0 Å². The lowest BCUT2D eigenvalue weighted by atomic mass is 10.1. The van der Waals surface area contributed by atoms with Gasteiger partial charge in [-0.05, 0) is 35.4 Å². The fourth-order valence-electron chi connectivity index (χ4n) is 3.37. The van der Waals surface area contributed by atoms with Crippen LogP contribution in [0.5, 0.6) is 5.75 Å². The summed E-state index contributed by atoms with van der Waals surface area (Å²) in [4.78, 5) is 37.0. The van der Waals surface area contributed by atoms with E-state index in [1.807, 2.05) is 30.3 Å². The molecule has 7 heteroatoms. The Hall–Kier alpha value is -4.39. The summed E-state index contributed by atoms with van der Waals surface area (Å²) in [7, 11) is 0. The van der Waals surface area contributed by atoms with Gasteiger partial charge < -0.3 is 19.6 Å². The van der Waals surface area contributed by atoms with Crippen LogP contribution in [0.1, 0.15) is 21.5 Å². The number of hydrogen-bond donors (Lipinski definition) is 2. The lowest BCUT2D eigenvalue weighted by Crippen LogP contribution is -2.43. The Morgan fingerprint density at radius 2 is 1.61 bits per heavy atom. The number of aliphatic carboxylic acids is 1. The third-order valence-electron chi connectivity index (χ3n) is 5.14. The predicted octanol–water partition coefficient (Wildman–Crippen LogP) is 3.80. The van der Waals surface area contributed by atoms with Gasteiger partial charge in [0.05, 0.1) is 5.39 Å². The van der Waals surface area contributed by atoms with E-state index in [2.05, 4.69) is 5.32 Å². The van der Waals surface area contributed by atoms with E-state index in [-0.39, 0.29) is 17.4 Å². The molecule has 4 rings (SSSR count). The van der Waals surface area contributed by atoms with E-state index in [1.165, 1.54) is 0 Å². The number of carboxylic acid groups (broad SMARTS) is 1. The van der Waals surface area contributed by atoms with Crippen molar-refractivity contribution in [3.8, 4) is 5.75 Å². The molecule has 1 amide bonds. The maximum Gasteiger partial charge on any atom is 0.326 e. The Labute approximate surface area is 189 Å². The van der Waals surface area contributed by atoms with Crippen molar-refractivity contribution in [2.75, 3.05) is 0 Å². The zero-order valence-electron chi connectivity index (χ0n) is 17.6. The van der Waals surface area contributed by atoms with Gasteiger partial charge in [-0.25, -0.2) is 4.79 Å². The number of nitrogens with one attached hydrogen (secondary N) is 1. The molecule has 0 radical (unpaired) electrons. The van der Waals surface area contributed by atoms with Gasteiger partial charge in [-0.3, -0.25) is 9.59 Å². The van der Waals surface area contributed by atoms with Crippen molar-refractivity contribution in [1.82, 2.24) is 5.32 Å². The molecule has 0 unspecified atom stereocenters. The van der Waals surface area contributed by atoms with Gasteiger partial charge in [-0.1, -0.05) is 54.6 Å². The monoisotopic (exact) mass is 443 g/mol. The number of ether oxygens (including phenoxy) is 1. The Morgan fingerprint density at radius 1 is 0.909 bits per heavy atom. The number of hydrogen-bond acceptors (Lipinski definition) is 5. The van der Waals surface area contributed by atoms with Crippen LogP contribution < -0.4 is 15.5 Å². The van der Waals surface area contributed by atoms with Gasteiger partial charge in [0.2, 0.25) is 5.43 Å². The van der Waals surface area contributed by atoms with Crippen molar-refractivity contribution in [1.29, 1.82) is 0 Å². The highest BCUT2D eigenvalue weighted by Gasteiger charge is 2.23. The average molecular weight is 443 g/mol. The van der Waals surface area contributed by atoms with Crippen molar-refractivity contribution in [2.45, 2.75) is 19.1 Å². The summed E-state index contributed by atoms with van der Waals surface area (Å²) in [5.74, 6) is -1.37. The molecule has 0 saturated heterocycles. The summed E-state index contributed by atoms with van der Waals surface area (Å²) in [6.07, 6.45) is 1.09. The molecule has 166 valence electrons. The number of benzene rings is 3. The van der Waals surface area contributed by atoms with E-state index in [9.17, 15) is 19.5 Å². The number of carboxylic acids is 1. The zero-order chi connectivity index (χ0) is 23.2.